The summed E-state index contributed by atoms with van der Waals surface area (Å²) in [4.78, 5) is 15.6. The molecule has 5 nitrogen and oxygen atoms in total. The quantitative estimate of drug-likeness (QED) is 0.234. The first-order valence-corrected chi connectivity index (χ1v) is 10.8. The number of benzene rings is 3. The monoisotopic (exact) mass is 433 g/mol. The van der Waals surface area contributed by atoms with Crippen molar-refractivity contribution in [2.24, 2.45) is 0 Å². The van der Waals surface area contributed by atoms with Crippen molar-refractivity contribution in [3.8, 4) is 22.6 Å². The number of aryl methyl sites for hydroxylation is 2. The van der Waals surface area contributed by atoms with E-state index in [0.29, 0.717) is 6.61 Å². The first-order valence-electron chi connectivity index (χ1n) is 10.8. The third-order valence-corrected chi connectivity index (χ3v) is 6.50. The predicted molar refractivity (Wildman–Crippen MR) is 128 cm³/mol. The summed E-state index contributed by atoms with van der Waals surface area (Å²) >= 11 is 0. The van der Waals surface area contributed by atoms with Crippen molar-refractivity contribution in [2.45, 2.75) is 48.1 Å². The molecule has 3 aromatic rings. The molecule has 0 saturated heterocycles. The van der Waals surface area contributed by atoms with E-state index in [4.69, 9.17) is 19.3 Å². The summed E-state index contributed by atoms with van der Waals surface area (Å²) in [6.45, 7) is 13.2. The van der Waals surface area contributed by atoms with Gasteiger partial charge in [-0.15, -0.1) is 0 Å². The van der Waals surface area contributed by atoms with Gasteiger partial charge < -0.3 is 9.62 Å². The van der Waals surface area contributed by atoms with Crippen LogP contribution in [-0.4, -0.2) is 14.2 Å². The van der Waals surface area contributed by atoms with E-state index < -0.39 is 0 Å². The summed E-state index contributed by atoms with van der Waals surface area (Å²) in [6, 6.07) is 10.7. The molecule has 3 aromatic carbocycles. The first kappa shape index (κ1) is 22.2. The highest BCUT2D eigenvalue weighted by molar-refractivity contribution is 5.90. The Morgan fingerprint density at radius 3 is 1.88 bits per heavy atom. The predicted octanol–water partition coefficient (Wildman–Crippen LogP) is 6.74. The van der Waals surface area contributed by atoms with Crippen LogP contribution in [0.15, 0.2) is 30.3 Å². The molecule has 5 heteroatoms. The van der Waals surface area contributed by atoms with Gasteiger partial charge in [-0.3, -0.25) is 4.84 Å². The Labute approximate surface area is 190 Å². The molecule has 0 saturated carbocycles. The zero-order chi connectivity index (χ0) is 23.2. The number of hydrogen-bond donors (Lipinski definition) is 0. The van der Waals surface area contributed by atoms with Crippen molar-refractivity contribution in [3.63, 3.8) is 0 Å². The van der Waals surface area contributed by atoms with Gasteiger partial charge in [0, 0.05) is 0 Å². The van der Waals surface area contributed by atoms with E-state index in [1.807, 2.05) is 12.0 Å². The van der Waals surface area contributed by atoms with Crippen LogP contribution in [0.25, 0.3) is 11.1 Å². The third-order valence-electron chi connectivity index (χ3n) is 6.50. The molecule has 0 N–H and O–H groups in total. The minimum absolute atomic E-state index is 0.519. The van der Waals surface area contributed by atoms with Crippen LogP contribution < -0.4 is 14.7 Å². The van der Waals surface area contributed by atoms with Crippen molar-refractivity contribution in [3.05, 3.63) is 69.3 Å². The number of hydrogen-bond acceptors (Lipinski definition) is 5. The van der Waals surface area contributed by atoms with Gasteiger partial charge in [-0.25, -0.2) is 5.06 Å². The molecule has 168 valence electrons. The van der Waals surface area contributed by atoms with Gasteiger partial charge in [0.15, 0.2) is 5.75 Å². The number of fused-ring (bicyclic) bond motifs is 1. The maximum Gasteiger partial charge on any atom is 0.171 e. The minimum Gasteiger partial charge on any atom is -0.488 e. The lowest BCUT2D eigenvalue weighted by Crippen LogP contribution is -2.03. The van der Waals surface area contributed by atoms with E-state index >= 15 is 0 Å². The molecular weight excluding hydrogens is 402 g/mol. The zero-order valence-electron chi connectivity index (χ0n) is 20.2. The second-order valence-electron chi connectivity index (χ2n) is 8.48. The molecule has 0 atom stereocenters. The van der Waals surface area contributed by atoms with Crippen LogP contribution in [0, 0.1) is 41.5 Å². The normalized spacial score (nSPS) is 12.1. The molecule has 1 aliphatic rings. The molecule has 0 radical (unpaired) electrons. The lowest BCUT2D eigenvalue weighted by molar-refractivity contribution is -0.179. The van der Waals surface area contributed by atoms with E-state index in [-0.39, 0.29) is 0 Å². The number of rotatable bonds is 7. The summed E-state index contributed by atoms with van der Waals surface area (Å²) in [6.07, 6.45) is 0. The van der Waals surface area contributed by atoms with Crippen LogP contribution >= 0.6 is 0 Å². The summed E-state index contributed by atoms with van der Waals surface area (Å²) in [5.74, 6) is 1.74. The summed E-state index contributed by atoms with van der Waals surface area (Å²) in [5.41, 5.74) is 12.6. The summed E-state index contributed by atoms with van der Waals surface area (Å²) in [5, 5.41) is 1.81. The van der Waals surface area contributed by atoms with E-state index in [9.17, 15) is 0 Å². The fourth-order valence-corrected chi connectivity index (χ4v) is 4.42. The molecule has 0 bridgehead atoms. The molecule has 0 spiro atoms. The molecule has 0 unspecified atom stereocenters. The van der Waals surface area contributed by atoms with Crippen molar-refractivity contribution < 1.29 is 19.3 Å². The second kappa shape index (κ2) is 8.49. The van der Waals surface area contributed by atoms with Crippen molar-refractivity contribution in [1.82, 2.24) is 0 Å². The van der Waals surface area contributed by atoms with Gasteiger partial charge in [-0.1, -0.05) is 6.07 Å². The maximum absolute atomic E-state index is 6.31. The fourth-order valence-electron chi connectivity index (χ4n) is 4.42. The molecule has 0 fully saturated rings. The van der Waals surface area contributed by atoms with Crippen LogP contribution in [0.3, 0.4) is 0 Å². The largest absolute Gasteiger partial charge is 0.488 e. The van der Waals surface area contributed by atoms with Crippen LogP contribution in [-0.2, 0) is 16.3 Å². The molecule has 4 rings (SSSR count). The Bertz CT molecular complexity index is 1200. The highest BCUT2D eigenvalue weighted by Crippen LogP contribution is 2.48. The lowest BCUT2D eigenvalue weighted by Gasteiger charge is -2.21. The molecule has 32 heavy (non-hydrogen) atoms. The van der Waals surface area contributed by atoms with E-state index in [1.165, 1.54) is 29.4 Å². The van der Waals surface area contributed by atoms with Gasteiger partial charge in [0.25, 0.3) is 0 Å². The Kier molecular flexibility index (Phi) is 5.89. The summed E-state index contributed by atoms with van der Waals surface area (Å²) in [7, 11) is 3.21. The van der Waals surface area contributed by atoms with Crippen molar-refractivity contribution in [1.29, 1.82) is 0 Å². The topological polar surface area (TPSA) is 39.9 Å². The van der Waals surface area contributed by atoms with E-state index in [2.05, 4.69) is 65.0 Å². The van der Waals surface area contributed by atoms with Gasteiger partial charge in [0.1, 0.15) is 12.4 Å². The number of anilines is 2. The van der Waals surface area contributed by atoms with Gasteiger partial charge in [0.05, 0.1) is 25.6 Å². The van der Waals surface area contributed by atoms with Gasteiger partial charge in [-0.2, -0.15) is 4.89 Å². The van der Waals surface area contributed by atoms with Crippen LogP contribution in [0.4, 0.5) is 11.4 Å². The lowest BCUT2D eigenvalue weighted by atomic mass is 9.88. The first-order chi connectivity index (χ1) is 15.3. The number of ether oxygens (including phenoxy) is 1. The number of nitrogens with zero attached hydrogens (tertiary/aromatic N) is 1. The Morgan fingerprint density at radius 2 is 1.28 bits per heavy atom. The average Bonchev–Trinajstić information content (AvgIpc) is 3.48. The van der Waals surface area contributed by atoms with E-state index in [0.717, 1.165) is 50.7 Å². The van der Waals surface area contributed by atoms with Crippen molar-refractivity contribution in [2.75, 3.05) is 19.3 Å². The van der Waals surface area contributed by atoms with Gasteiger partial charge in [-0.05, 0) is 116 Å². The SMILES string of the molecule is COOc1c(C)cc(-c2cc(C)c(OCc3ccc4c(c3)N4OC)c(C)c2C)c(C)c1C. The van der Waals surface area contributed by atoms with Gasteiger partial charge in [0.2, 0.25) is 0 Å². The zero-order valence-corrected chi connectivity index (χ0v) is 20.2. The van der Waals surface area contributed by atoms with E-state index in [1.54, 1.807) is 7.11 Å². The molecule has 1 heterocycles. The third kappa shape index (κ3) is 3.72. The highest BCUT2D eigenvalue weighted by Gasteiger charge is 2.29. The Balaban J connectivity index is 1.65. The molecular formula is C27H31NO4. The van der Waals surface area contributed by atoms with Crippen molar-refractivity contribution >= 4 is 11.4 Å². The maximum atomic E-state index is 6.31. The molecule has 0 aliphatic carbocycles. The Morgan fingerprint density at radius 1 is 0.688 bits per heavy atom. The minimum atomic E-state index is 0.519. The van der Waals surface area contributed by atoms with Crippen LogP contribution in [0.1, 0.15) is 38.9 Å². The standard InChI is InChI=1S/C27H31NO4/c1-15-11-22(23-12-16(2)27(32-30-8)20(6)18(23)4)17(3)19(5)26(15)31-14-21-9-10-24-25(13-21)28(24)29-7/h9-13H,14H2,1-8H3. The average molecular weight is 434 g/mol. The van der Waals surface area contributed by atoms with Crippen LogP contribution in [0.2, 0.25) is 0 Å². The molecule has 0 amide bonds. The van der Waals surface area contributed by atoms with Gasteiger partial charge >= 0.3 is 0 Å². The summed E-state index contributed by atoms with van der Waals surface area (Å²) < 4.78 is 6.31. The molecule has 0 aromatic heterocycles. The van der Waals surface area contributed by atoms with Crippen LogP contribution in [0.5, 0.6) is 11.5 Å². The molecule has 1 aliphatic heterocycles. The smallest absolute Gasteiger partial charge is 0.171 e. The second-order valence-corrected chi connectivity index (χ2v) is 8.48. The fraction of sp³-hybridized carbons (Fsp3) is 0.333. The Hall–Kier alpha value is -3.02. The highest BCUT2D eigenvalue weighted by atomic mass is 17.2.